The maximum Gasteiger partial charge on any atom is 0.416 e. The lowest BCUT2D eigenvalue weighted by atomic mass is 10.1. The molecule has 0 unspecified atom stereocenters. The first-order valence-electron chi connectivity index (χ1n) is 4.95. The second kappa shape index (κ2) is 4.25. The van der Waals surface area contributed by atoms with Crippen LogP contribution in [0.15, 0.2) is 22.8 Å². The summed E-state index contributed by atoms with van der Waals surface area (Å²) in [5.74, 6) is 0.517. The van der Waals surface area contributed by atoms with Gasteiger partial charge in [-0.1, -0.05) is 6.92 Å². The van der Waals surface area contributed by atoms with Crippen molar-refractivity contribution in [3.05, 3.63) is 34.2 Å². The van der Waals surface area contributed by atoms with E-state index in [0.29, 0.717) is 27.8 Å². The smallest absolute Gasteiger partial charge is 0.233 e. The van der Waals surface area contributed by atoms with E-state index in [1.807, 2.05) is 6.92 Å². The normalized spacial score (nSPS) is 12.1. The van der Waals surface area contributed by atoms with Gasteiger partial charge in [0.2, 0.25) is 0 Å². The van der Waals surface area contributed by atoms with E-state index < -0.39 is 11.7 Å². The Morgan fingerprint density at radius 3 is 2.53 bits per heavy atom. The Kier molecular flexibility index (Phi) is 3.07. The molecule has 2 aromatic rings. The Hall–Kier alpha value is -1.17. The van der Waals surface area contributed by atoms with Crippen molar-refractivity contribution in [1.29, 1.82) is 0 Å². The molecule has 0 N–H and O–H groups in total. The van der Waals surface area contributed by atoms with Crippen LogP contribution in [0.2, 0.25) is 0 Å². The molecule has 1 aromatic heterocycles. The molecule has 0 amide bonds. The lowest BCUT2D eigenvalue weighted by Crippen LogP contribution is -2.05. The Bertz CT molecular complexity index is 566. The van der Waals surface area contributed by atoms with Crippen LogP contribution in [0.1, 0.15) is 18.3 Å². The summed E-state index contributed by atoms with van der Waals surface area (Å²) in [6, 6.07) is 3.45. The zero-order chi connectivity index (χ0) is 12.6. The Morgan fingerprint density at radius 2 is 1.94 bits per heavy atom. The quantitative estimate of drug-likeness (QED) is 0.745. The molecule has 0 spiro atoms. The van der Waals surface area contributed by atoms with Gasteiger partial charge in [-0.2, -0.15) is 13.2 Å². The number of aryl methyl sites for hydroxylation is 1. The van der Waals surface area contributed by atoms with Gasteiger partial charge < -0.3 is 0 Å². The second-order valence-corrected chi connectivity index (χ2v) is 4.27. The third-order valence-corrected chi connectivity index (χ3v) is 2.94. The van der Waals surface area contributed by atoms with Crippen molar-refractivity contribution in [1.82, 2.24) is 9.97 Å². The molecule has 0 aliphatic heterocycles. The molecule has 0 aliphatic carbocycles. The first kappa shape index (κ1) is 12.3. The molecule has 90 valence electrons. The first-order valence-corrected chi connectivity index (χ1v) is 5.74. The second-order valence-electron chi connectivity index (χ2n) is 3.51. The van der Waals surface area contributed by atoms with E-state index in [-0.39, 0.29) is 0 Å². The van der Waals surface area contributed by atoms with Gasteiger partial charge in [-0.05, 0) is 34.1 Å². The van der Waals surface area contributed by atoms with E-state index in [9.17, 15) is 13.2 Å². The number of nitrogens with zero attached hydrogens (tertiary/aromatic N) is 2. The van der Waals surface area contributed by atoms with Crippen LogP contribution >= 0.6 is 15.9 Å². The van der Waals surface area contributed by atoms with Gasteiger partial charge in [-0.15, -0.1) is 0 Å². The average Bonchev–Trinajstić information content (AvgIpc) is 2.27. The predicted octanol–water partition coefficient (Wildman–Crippen LogP) is 3.97. The average molecular weight is 305 g/mol. The van der Waals surface area contributed by atoms with Crippen LogP contribution in [0.5, 0.6) is 0 Å². The monoisotopic (exact) mass is 304 g/mol. The number of benzene rings is 1. The molecule has 0 fully saturated rings. The van der Waals surface area contributed by atoms with Gasteiger partial charge in [-0.25, -0.2) is 9.97 Å². The molecule has 0 bridgehead atoms. The van der Waals surface area contributed by atoms with E-state index in [0.717, 1.165) is 12.1 Å². The molecule has 2 nitrogen and oxygen atoms in total. The summed E-state index contributed by atoms with van der Waals surface area (Å²) in [7, 11) is 0. The molecular formula is C11H8BrF3N2. The summed E-state index contributed by atoms with van der Waals surface area (Å²) < 4.78 is 38.2. The van der Waals surface area contributed by atoms with Crippen LogP contribution < -0.4 is 0 Å². The lowest BCUT2D eigenvalue weighted by molar-refractivity contribution is -0.137. The number of halogens is 4. The van der Waals surface area contributed by atoms with Crippen LogP contribution in [0.3, 0.4) is 0 Å². The van der Waals surface area contributed by atoms with Gasteiger partial charge in [0.05, 0.1) is 11.1 Å². The fraction of sp³-hybridized carbons (Fsp3) is 0.273. The first-order chi connectivity index (χ1) is 7.91. The van der Waals surface area contributed by atoms with E-state index in [2.05, 4.69) is 25.9 Å². The topological polar surface area (TPSA) is 25.8 Å². The van der Waals surface area contributed by atoms with Gasteiger partial charge in [0, 0.05) is 11.8 Å². The number of alkyl halides is 3. The highest BCUT2D eigenvalue weighted by molar-refractivity contribution is 9.10. The number of hydrogen-bond acceptors (Lipinski definition) is 2. The molecule has 1 aromatic carbocycles. The van der Waals surface area contributed by atoms with E-state index in [4.69, 9.17) is 0 Å². The summed E-state index contributed by atoms with van der Waals surface area (Å²) in [6.07, 6.45) is -3.78. The number of fused-ring (bicyclic) bond motifs is 1. The minimum Gasteiger partial charge on any atom is -0.233 e. The van der Waals surface area contributed by atoms with Crippen LogP contribution in [-0.4, -0.2) is 9.97 Å². The van der Waals surface area contributed by atoms with Gasteiger partial charge in [-0.3, -0.25) is 0 Å². The third kappa shape index (κ3) is 2.41. The summed E-state index contributed by atoms with van der Waals surface area (Å²) in [6.45, 7) is 1.85. The third-order valence-electron chi connectivity index (χ3n) is 2.34. The number of aromatic nitrogens is 2. The van der Waals surface area contributed by atoms with Crippen molar-refractivity contribution in [3.8, 4) is 0 Å². The molecular weight excluding hydrogens is 297 g/mol. The van der Waals surface area contributed by atoms with Crippen LogP contribution in [0.25, 0.3) is 10.9 Å². The highest BCUT2D eigenvalue weighted by atomic mass is 79.9. The molecule has 0 radical (unpaired) electrons. The molecule has 1 heterocycles. The predicted molar refractivity (Wildman–Crippen MR) is 61.6 cm³/mol. The summed E-state index contributed by atoms with van der Waals surface area (Å²) >= 11 is 3.23. The van der Waals surface area contributed by atoms with E-state index >= 15 is 0 Å². The minimum atomic E-state index is -4.35. The standard InChI is InChI=1S/C11H8BrF3N2/c1-2-9-16-8-5-6(11(13,14)15)3-4-7(8)10(12)17-9/h3-5H,2H2,1H3. The van der Waals surface area contributed by atoms with Crippen molar-refractivity contribution in [3.63, 3.8) is 0 Å². The van der Waals surface area contributed by atoms with Gasteiger partial charge in [0.1, 0.15) is 10.4 Å². The fourth-order valence-corrected chi connectivity index (χ4v) is 2.01. The van der Waals surface area contributed by atoms with Gasteiger partial charge >= 0.3 is 6.18 Å². The number of rotatable bonds is 1. The Morgan fingerprint density at radius 1 is 1.24 bits per heavy atom. The molecule has 0 saturated carbocycles. The van der Waals surface area contributed by atoms with Crippen molar-refractivity contribution < 1.29 is 13.2 Å². The zero-order valence-electron chi connectivity index (χ0n) is 8.85. The molecule has 6 heteroatoms. The van der Waals surface area contributed by atoms with Crippen molar-refractivity contribution in [2.45, 2.75) is 19.5 Å². The highest BCUT2D eigenvalue weighted by Gasteiger charge is 2.30. The zero-order valence-corrected chi connectivity index (χ0v) is 10.4. The molecule has 0 saturated heterocycles. The molecule has 17 heavy (non-hydrogen) atoms. The summed E-state index contributed by atoms with van der Waals surface area (Å²) in [5.41, 5.74) is -0.392. The largest absolute Gasteiger partial charge is 0.416 e. The van der Waals surface area contributed by atoms with Gasteiger partial charge in [0.25, 0.3) is 0 Å². The van der Waals surface area contributed by atoms with E-state index in [1.165, 1.54) is 6.07 Å². The van der Waals surface area contributed by atoms with Crippen molar-refractivity contribution in [2.75, 3.05) is 0 Å². The Labute approximate surface area is 104 Å². The van der Waals surface area contributed by atoms with Gasteiger partial charge in [0.15, 0.2) is 0 Å². The molecule has 0 atom stereocenters. The number of hydrogen-bond donors (Lipinski definition) is 0. The SMILES string of the molecule is CCc1nc(Br)c2ccc(C(F)(F)F)cc2n1. The maximum absolute atomic E-state index is 12.5. The minimum absolute atomic E-state index is 0.304. The summed E-state index contributed by atoms with van der Waals surface area (Å²) in [5, 5.41) is 0.579. The maximum atomic E-state index is 12.5. The van der Waals surface area contributed by atoms with E-state index in [1.54, 1.807) is 0 Å². The molecule has 0 aliphatic rings. The van der Waals surface area contributed by atoms with Crippen LogP contribution in [-0.2, 0) is 12.6 Å². The van der Waals surface area contributed by atoms with Crippen molar-refractivity contribution >= 4 is 26.8 Å². The molecule has 2 rings (SSSR count). The van der Waals surface area contributed by atoms with Crippen LogP contribution in [0.4, 0.5) is 13.2 Å². The van der Waals surface area contributed by atoms with Crippen LogP contribution in [0, 0.1) is 0 Å². The highest BCUT2D eigenvalue weighted by Crippen LogP contribution is 2.32. The fourth-order valence-electron chi connectivity index (χ4n) is 1.47. The lowest BCUT2D eigenvalue weighted by Gasteiger charge is -2.08. The Balaban J connectivity index is 2.68. The summed E-state index contributed by atoms with van der Waals surface area (Å²) in [4.78, 5) is 8.22. The van der Waals surface area contributed by atoms with Crippen molar-refractivity contribution in [2.24, 2.45) is 0 Å².